The van der Waals surface area contributed by atoms with Crippen LogP contribution in [0.25, 0.3) is 0 Å². The Bertz CT molecular complexity index is 1140. The fourth-order valence-electron chi connectivity index (χ4n) is 5.44. The highest BCUT2D eigenvalue weighted by Gasteiger charge is 2.35. The molecule has 0 bridgehead atoms. The Morgan fingerprint density at radius 3 is 2.25 bits per heavy atom. The number of hydrogen-bond acceptors (Lipinski definition) is 4. The molecule has 6 nitrogen and oxygen atoms in total. The molecule has 40 heavy (non-hydrogen) atoms. The summed E-state index contributed by atoms with van der Waals surface area (Å²) in [7, 11) is 3.24. The van der Waals surface area contributed by atoms with Crippen molar-refractivity contribution in [2.75, 3.05) is 20.6 Å². The zero-order valence-corrected chi connectivity index (χ0v) is 24.5. The highest BCUT2D eigenvalue weighted by Crippen LogP contribution is 2.38. The molecular formula is C32H45F2N3O3. The molecular weight excluding hydrogens is 512 g/mol. The monoisotopic (exact) mass is 557 g/mol. The van der Waals surface area contributed by atoms with Crippen LogP contribution in [-0.4, -0.2) is 54.6 Å². The molecule has 0 spiro atoms. The van der Waals surface area contributed by atoms with Crippen LogP contribution in [0.1, 0.15) is 82.4 Å². The lowest BCUT2D eigenvalue weighted by Crippen LogP contribution is -2.53. The molecule has 1 saturated carbocycles. The van der Waals surface area contributed by atoms with Gasteiger partial charge in [-0.3, -0.25) is 9.59 Å². The van der Waals surface area contributed by atoms with E-state index < -0.39 is 29.7 Å². The van der Waals surface area contributed by atoms with Crippen LogP contribution in [0.15, 0.2) is 42.5 Å². The Hall–Kier alpha value is -2.84. The van der Waals surface area contributed by atoms with Crippen molar-refractivity contribution in [3.8, 4) is 0 Å². The number of nitrogens with one attached hydrogen (secondary N) is 2. The van der Waals surface area contributed by atoms with E-state index in [-0.39, 0.29) is 42.7 Å². The van der Waals surface area contributed by atoms with Crippen molar-refractivity contribution in [3.05, 3.63) is 70.8 Å². The topological polar surface area (TPSA) is 81.7 Å². The van der Waals surface area contributed by atoms with Crippen molar-refractivity contribution >= 4 is 11.8 Å². The SMILES string of the molecule is CN(C)C(=O)CCC(=O)NC(Cc1cc(F)cc(F)c1)C(O)CNC1(c2cccc(C(C)(C)C)c2)CCCCC1. The third-order valence-electron chi connectivity index (χ3n) is 7.89. The van der Waals surface area contributed by atoms with E-state index in [0.717, 1.165) is 38.2 Å². The summed E-state index contributed by atoms with van der Waals surface area (Å²) in [4.78, 5) is 26.2. The second-order valence-corrected chi connectivity index (χ2v) is 12.4. The van der Waals surface area contributed by atoms with Gasteiger partial charge in [0.2, 0.25) is 11.8 Å². The summed E-state index contributed by atoms with van der Waals surface area (Å²) >= 11 is 0. The quantitative estimate of drug-likeness (QED) is 0.365. The van der Waals surface area contributed by atoms with Crippen LogP contribution in [0, 0.1) is 11.6 Å². The first kappa shape index (κ1) is 31.7. The summed E-state index contributed by atoms with van der Waals surface area (Å²) in [6, 6.07) is 11.0. The molecule has 0 saturated heterocycles. The molecule has 0 aliphatic heterocycles. The Kier molecular flexibility index (Phi) is 10.8. The van der Waals surface area contributed by atoms with Crippen LogP contribution < -0.4 is 10.6 Å². The summed E-state index contributed by atoms with van der Waals surface area (Å²) in [6.45, 7) is 6.74. The van der Waals surface area contributed by atoms with Crippen molar-refractivity contribution in [3.63, 3.8) is 0 Å². The predicted molar refractivity (Wildman–Crippen MR) is 154 cm³/mol. The normalized spacial score (nSPS) is 16.7. The number of carbonyl (C=O) groups is 2. The first-order valence-electron chi connectivity index (χ1n) is 14.3. The molecule has 2 amide bonds. The first-order valence-corrected chi connectivity index (χ1v) is 14.3. The molecule has 2 unspecified atom stereocenters. The highest BCUT2D eigenvalue weighted by atomic mass is 19.1. The molecule has 1 aliphatic carbocycles. The maximum Gasteiger partial charge on any atom is 0.222 e. The molecule has 3 N–H and O–H groups in total. The largest absolute Gasteiger partial charge is 0.390 e. The summed E-state index contributed by atoms with van der Waals surface area (Å²) in [6.07, 6.45) is 4.10. The number of benzene rings is 2. The van der Waals surface area contributed by atoms with E-state index in [1.807, 2.05) is 0 Å². The van der Waals surface area contributed by atoms with E-state index in [1.54, 1.807) is 14.1 Å². The first-order chi connectivity index (χ1) is 18.8. The van der Waals surface area contributed by atoms with Gasteiger partial charge in [-0.1, -0.05) is 64.3 Å². The molecule has 1 fully saturated rings. The molecule has 0 heterocycles. The number of carbonyl (C=O) groups excluding carboxylic acids is 2. The van der Waals surface area contributed by atoms with Crippen LogP contribution in [0.3, 0.4) is 0 Å². The molecule has 0 aromatic heterocycles. The standard InChI is InChI=1S/C32H45F2N3O3/c1-31(2,3)23-10-9-11-24(19-23)32(14-7-6-8-15-32)35-21-28(38)27(18-22-16-25(33)20-26(34)17-22)36-29(39)12-13-30(40)37(4)5/h9-11,16-17,19-20,27-28,35,38H,6-8,12-15,18,21H2,1-5H3,(H,36,39). The summed E-state index contributed by atoms with van der Waals surface area (Å²) < 4.78 is 27.9. The second-order valence-electron chi connectivity index (χ2n) is 12.4. The van der Waals surface area contributed by atoms with Gasteiger partial charge in [0, 0.05) is 45.1 Å². The Morgan fingerprint density at radius 1 is 1.00 bits per heavy atom. The maximum atomic E-state index is 13.9. The average Bonchev–Trinajstić information content (AvgIpc) is 2.89. The Labute approximate surface area is 237 Å². The van der Waals surface area contributed by atoms with Crippen molar-refractivity contribution in [2.24, 2.45) is 0 Å². The Balaban J connectivity index is 1.81. The van der Waals surface area contributed by atoms with E-state index >= 15 is 0 Å². The third kappa shape index (κ3) is 8.83. The van der Waals surface area contributed by atoms with Gasteiger partial charge in [0.1, 0.15) is 11.6 Å². The fraction of sp³-hybridized carbons (Fsp3) is 0.562. The Morgan fingerprint density at radius 2 is 1.65 bits per heavy atom. The molecule has 2 aromatic rings. The lowest BCUT2D eigenvalue weighted by atomic mass is 9.74. The van der Waals surface area contributed by atoms with Crippen LogP contribution >= 0.6 is 0 Å². The predicted octanol–water partition coefficient (Wildman–Crippen LogP) is 4.97. The maximum absolute atomic E-state index is 13.9. The zero-order chi connectivity index (χ0) is 29.5. The van der Waals surface area contributed by atoms with E-state index in [4.69, 9.17) is 0 Å². The second kappa shape index (κ2) is 13.7. The van der Waals surface area contributed by atoms with Crippen LogP contribution in [-0.2, 0) is 27.0 Å². The number of amides is 2. The molecule has 220 valence electrons. The molecule has 8 heteroatoms. The van der Waals surface area contributed by atoms with Crippen LogP contribution in [0.4, 0.5) is 8.78 Å². The van der Waals surface area contributed by atoms with Crippen molar-refractivity contribution in [1.82, 2.24) is 15.5 Å². The minimum atomic E-state index is -1.04. The minimum Gasteiger partial charge on any atom is -0.390 e. The number of nitrogens with zero attached hydrogens (tertiary/aromatic N) is 1. The number of halogens is 2. The number of aliphatic hydroxyl groups excluding tert-OH is 1. The van der Waals surface area contributed by atoms with Gasteiger partial charge in [0.25, 0.3) is 0 Å². The van der Waals surface area contributed by atoms with Gasteiger partial charge < -0.3 is 20.6 Å². The number of hydrogen-bond donors (Lipinski definition) is 3. The van der Waals surface area contributed by atoms with Crippen molar-refractivity contribution < 1.29 is 23.5 Å². The lowest BCUT2D eigenvalue weighted by Gasteiger charge is -2.41. The van der Waals surface area contributed by atoms with Crippen molar-refractivity contribution in [1.29, 1.82) is 0 Å². The molecule has 1 aliphatic rings. The van der Waals surface area contributed by atoms with Crippen molar-refractivity contribution in [2.45, 2.75) is 95.2 Å². The third-order valence-corrected chi connectivity index (χ3v) is 7.89. The lowest BCUT2D eigenvalue weighted by molar-refractivity contribution is -0.131. The van der Waals surface area contributed by atoms with Gasteiger partial charge in [0.15, 0.2) is 0 Å². The molecule has 3 rings (SSSR count). The molecule has 2 atom stereocenters. The molecule has 2 aromatic carbocycles. The fourth-order valence-corrected chi connectivity index (χ4v) is 5.44. The van der Waals surface area contributed by atoms with Gasteiger partial charge in [-0.25, -0.2) is 8.78 Å². The minimum absolute atomic E-state index is 0.00501. The highest BCUT2D eigenvalue weighted by molar-refractivity contribution is 5.83. The smallest absolute Gasteiger partial charge is 0.222 e. The van der Waals surface area contributed by atoms with E-state index in [0.29, 0.717) is 5.56 Å². The van der Waals surface area contributed by atoms with E-state index in [1.165, 1.54) is 28.2 Å². The van der Waals surface area contributed by atoms with Gasteiger partial charge >= 0.3 is 0 Å². The molecule has 0 radical (unpaired) electrons. The van der Waals surface area contributed by atoms with Gasteiger partial charge in [-0.2, -0.15) is 0 Å². The summed E-state index contributed by atoms with van der Waals surface area (Å²) in [5.41, 5.74) is 2.42. The van der Waals surface area contributed by atoms with E-state index in [9.17, 15) is 23.5 Å². The van der Waals surface area contributed by atoms with Gasteiger partial charge in [0.05, 0.1) is 12.1 Å². The zero-order valence-electron chi connectivity index (χ0n) is 24.5. The summed E-state index contributed by atoms with van der Waals surface area (Å²) in [5.74, 6) is -2.02. The summed E-state index contributed by atoms with van der Waals surface area (Å²) in [5, 5.41) is 17.8. The van der Waals surface area contributed by atoms with Crippen LogP contribution in [0.2, 0.25) is 0 Å². The van der Waals surface area contributed by atoms with Crippen LogP contribution in [0.5, 0.6) is 0 Å². The van der Waals surface area contributed by atoms with Gasteiger partial charge in [-0.15, -0.1) is 0 Å². The average molecular weight is 558 g/mol. The number of aliphatic hydroxyl groups is 1. The number of rotatable bonds is 11. The van der Waals surface area contributed by atoms with E-state index in [2.05, 4.69) is 55.7 Å². The van der Waals surface area contributed by atoms with Gasteiger partial charge in [-0.05, 0) is 53.5 Å².